The fourth-order valence-corrected chi connectivity index (χ4v) is 2.69. The molecule has 2 heterocycles. The number of likely N-dealkylation sites (tertiary alicyclic amines) is 1. The first kappa shape index (κ1) is 12.4. The van der Waals surface area contributed by atoms with Crippen LogP contribution in [0.5, 0.6) is 0 Å². The van der Waals surface area contributed by atoms with E-state index in [2.05, 4.69) is 16.9 Å². The minimum atomic E-state index is 0.116. The summed E-state index contributed by atoms with van der Waals surface area (Å²) in [5.74, 6) is 1.09. The van der Waals surface area contributed by atoms with Crippen LogP contribution in [0.25, 0.3) is 0 Å². The third kappa shape index (κ3) is 2.56. The molecule has 1 saturated carbocycles. The molecule has 0 radical (unpaired) electrons. The van der Waals surface area contributed by atoms with Gasteiger partial charge in [0.1, 0.15) is 5.82 Å². The maximum Gasteiger partial charge on any atom is 0.232 e. The van der Waals surface area contributed by atoms with Gasteiger partial charge in [0.15, 0.2) is 0 Å². The lowest BCUT2D eigenvalue weighted by molar-refractivity contribution is -0.122. The molecule has 1 aliphatic heterocycles. The lowest BCUT2D eigenvalue weighted by atomic mass is 10.1. The summed E-state index contributed by atoms with van der Waals surface area (Å²) >= 11 is 0. The lowest BCUT2D eigenvalue weighted by Crippen LogP contribution is -2.39. The predicted octanol–water partition coefficient (Wildman–Crippen LogP) is 1.11. The van der Waals surface area contributed by atoms with Crippen LogP contribution >= 0.6 is 0 Å². The summed E-state index contributed by atoms with van der Waals surface area (Å²) in [6.45, 7) is 1.86. The first-order valence-corrected chi connectivity index (χ1v) is 6.88. The second kappa shape index (κ2) is 4.81. The number of nitrogens with two attached hydrogens (primary N) is 1. The zero-order valence-electron chi connectivity index (χ0n) is 11.2. The normalized spacial score (nSPS) is 23.5. The van der Waals surface area contributed by atoms with Gasteiger partial charge in [0.05, 0.1) is 17.8 Å². The zero-order valence-corrected chi connectivity index (χ0v) is 11.2. The van der Waals surface area contributed by atoms with Crippen LogP contribution in [0, 0.1) is 5.92 Å². The van der Waals surface area contributed by atoms with E-state index in [9.17, 15) is 4.79 Å². The van der Waals surface area contributed by atoms with Crippen molar-refractivity contribution in [2.45, 2.75) is 25.3 Å². The fourth-order valence-electron chi connectivity index (χ4n) is 2.69. The molecule has 1 saturated heterocycles. The van der Waals surface area contributed by atoms with Crippen LogP contribution in [0.3, 0.4) is 0 Å². The highest BCUT2D eigenvalue weighted by Crippen LogP contribution is 2.33. The van der Waals surface area contributed by atoms with Crippen molar-refractivity contribution in [3.63, 3.8) is 0 Å². The molecule has 5 heteroatoms. The molecule has 102 valence electrons. The van der Waals surface area contributed by atoms with E-state index in [-0.39, 0.29) is 11.8 Å². The number of anilines is 2. The quantitative estimate of drug-likeness (QED) is 0.884. The summed E-state index contributed by atoms with van der Waals surface area (Å²) in [4.78, 5) is 21.1. The molecule has 0 bridgehead atoms. The van der Waals surface area contributed by atoms with Gasteiger partial charge < -0.3 is 10.6 Å². The molecule has 2 fully saturated rings. The molecule has 1 amide bonds. The molecule has 5 nitrogen and oxygen atoms in total. The first-order chi connectivity index (χ1) is 9.15. The van der Waals surface area contributed by atoms with Crippen molar-refractivity contribution in [1.82, 2.24) is 9.88 Å². The SMILES string of the molecule is CN1CCC(C(=O)N(c2ccc(N)cn2)C2CC2)C1. The zero-order chi connectivity index (χ0) is 13.4. The Morgan fingerprint density at radius 3 is 2.74 bits per heavy atom. The van der Waals surface area contributed by atoms with Crippen LogP contribution in [0.15, 0.2) is 18.3 Å². The predicted molar refractivity (Wildman–Crippen MR) is 74.8 cm³/mol. The molecule has 1 aromatic heterocycles. The maximum absolute atomic E-state index is 12.7. The molecule has 19 heavy (non-hydrogen) atoms. The Morgan fingerprint density at radius 1 is 1.42 bits per heavy atom. The lowest BCUT2D eigenvalue weighted by Gasteiger charge is -2.24. The molecule has 1 aliphatic carbocycles. The van der Waals surface area contributed by atoms with Crippen LogP contribution in [0.4, 0.5) is 11.5 Å². The number of carbonyl (C=O) groups excluding carboxylic acids is 1. The number of rotatable bonds is 3. The Labute approximate surface area is 113 Å². The largest absolute Gasteiger partial charge is 0.397 e. The van der Waals surface area contributed by atoms with Crippen LogP contribution in [-0.2, 0) is 4.79 Å². The fraction of sp³-hybridized carbons (Fsp3) is 0.571. The maximum atomic E-state index is 12.7. The highest BCUT2D eigenvalue weighted by molar-refractivity contribution is 5.95. The van der Waals surface area contributed by atoms with Gasteiger partial charge in [0.25, 0.3) is 0 Å². The number of aromatic nitrogens is 1. The van der Waals surface area contributed by atoms with Crippen LogP contribution in [0.2, 0.25) is 0 Å². The number of nitrogens with zero attached hydrogens (tertiary/aromatic N) is 3. The van der Waals surface area contributed by atoms with E-state index in [4.69, 9.17) is 5.73 Å². The number of hydrogen-bond donors (Lipinski definition) is 1. The van der Waals surface area contributed by atoms with Crippen molar-refractivity contribution in [2.75, 3.05) is 30.8 Å². The van der Waals surface area contributed by atoms with Gasteiger partial charge in [-0.15, -0.1) is 0 Å². The van der Waals surface area contributed by atoms with Crippen molar-refractivity contribution in [2.24, 2.45) is 5.92 Å². The van der Waals surface area contributed by atoms with Crippen molar-refractivity contribution in [1.29, 1.82) is 0 Å². The van der Waals surface area contributed by atoms with Crippen LogP contribution in [-0.4, -0.2) is 42.0 Å². The average Bonchev–Trinajstić information content (AvgIpc) is 3.13. The summed E-state index contributed by atoms with van der Waals surface area (Å²) in [6.07, 6.45) is 4.74. The van der Waals surface area contributed by atoms with Gasteiger partial charge in [0, 0.05) is 12.6 Å². The molecule has 3 rings (SSSR count). The third-order valence-electron chi connectivity index (χ3n) is 3.91. The molecular weight excluding hydrogens is 240 g/mol. The summed E-state index contributed by atoms with van der Waals surface area (Å²) in [7, 11) is 2.07. The minimum Gasteiger partial charge on any atom is -0.397 e. The van der Waals surface area contributed by atoms with Gasteiger partial charge in [-0.2, -0.15) is 0 Å². The molecular formula is C14H20N4O. The monoisotopic (exact) mass is 260 g/mol. The molecule has 2 N–H and O–H groups in total. The molecule has 2 aliphatic rings. The van der Waals surface area contributed by atoms with E-state index in [1.54, 1.807) is 6.20 Å². The summed E-state index contributed by atoms with van der Waals surface area (Å²) in [5.41, 5.74) is 6.29. The number of pyridine rings is 1. The Balaban J connectivity index is 1.81. The standard InChI is InChI=1S/C14H20N4O/c1-17-7-6-10(9-17)14(19)18(12-3-4-12)13-5-2-11(15)8-16-13/h2,5,8,10,12H,3-4,6-7,9,15H2,1H3. The van der Waals surface area contributed by atoms with Gasteiger partial charge in [-0.25, -0.2) is 4.98 Å². The second-order valence-electron chi connectivity index (χ2n) is 5.64. The third-order valence-corrected chi connectivity index (χ3v) is 3.91. The minimum absolute atomic E-state index is 0.116. The molecule has 0 spiro atoms. The summed E-state index contributed by atoms with van der Waals surface area (Å²) in [6, 6.07) is 4.00. The van der Waals surface area contributed by atoms with Gasteiger partial charge in [0.2, 0.25) is 5.91 Å². The molecule has 1 unspecified atom stereocenters. The number of nitrogen functional groups attached to an aromatic ring is 1. The van der Waals surface area contributed by atoms with Gasteiger partial charge in [-0.3, -0.25) is 9.69 Å². The van der Waals surface area contributed by atoms with Crippen molar-refractivity contribution >= 4 is 17.4 Å². The van der Waals surface area contributed by atoms with E-state index in [0.29, 0.717) is 11.7 Å². The molecule has 1 aromatic rings. The molecule has 0 aromatic carbocycles. The Hall–Kier alpha value is -1.62. The summed E-state index contributed by atoms with van der Waals surface area (Å²) < 4.78 is 0. The number of amides is 1. The molecule has 1 atom stereocenters. The number of carbonyl (C=O) groups is 1. The Bertz CT molecular complexity index is 469. The van der Waals surface area contributed by atoms with Gasteiger partial charge >= 0.3 is 0 Å². The Morgan fingerprint density at radius 2 is 2.21 bits per heavy atom. The van der Waals surface area contributed by atoms with E-state index in [1.807, 2.05) is 17.0 Å². The van der Waals surface area contributed by atoms with E-state index < -0.39 is 0 Å². The average molecular weight is 260 g/mol. The van der Waals surface area contributed by atoms with Crippen molar-refractivity contribution in [3.05, 3.63) is 18.3 Å². The topological polar surface area (TPSA) is 62.5 Å². The Kier molecular flexibility index (Phi) is 3.14. The second-order valence-corrected chi connectivity index (χ2v) is 5.64. The van der Waals surface area contributed by atoms with E-state index >= 15 is 0 Å². The first-order valence-electron chi connectivity index (χ1n) is 6.88. The number of hydrogen-bond acceptors (Lipinski definition) is 4. The van der Waals surface area contributed by atoms with E-state index in [1.165, 1.54) is 0 Å². The van der Waals surface area contributed by atoms with Crippen molar-refractivity contribution in [3.8, 4) is 0 Å². The van der Waals surface area contributed by atoms with Crippen LogP contribution in [0.1, 0.15) is 19.3 Å². The smallest absolute Gasteiger partial charge is 0.232 e. The van der Waals surface area contributed by atoms with Gasteiger partial charge in [-0.1, -0.05) is 0 Å². The van der Waals surface area contributed by atoms with Gasteiger partial charge in [-0.05, 0) is 45.0 Å². The summed E-state index contributed by atoms with van der Waals surface area (Å²) in [5, 5.41) is 0. The highest BCUT2D eigenvalue weighted by Gasteiger charge is 2.39. The van der Waals surface area contributed by atoms with Crippen LogP contribution < -0.4 is 10.6 Å². The van der Waals surface area contributed by atoms with Crippen molar-refractivity contribution < 1.29 is 4.79 Å². The van der Waals surface area contributed by atoms with E-state index in [0.717, 1.165) is 38.2 Å². The highest BCUT2D eigenvalue weighted by atomic mass is 16.2.